The van der Waals surface area contributed by atoms with Gasteiger partial charge in [-0.05, 0) is 85.2 Å². The van der Waals surface area contributed by atoms with Crippen LogP contribution in [0.15, 0.2) is 79.4 Å². The molecule has 0 amide bonds. The standard InChI is InChI=1S/C30H25BrClN3O6/c1-4-38-25-14-19(22(31)15-26(25)40-17(3)30(37)39-5-2)16-33-35-28(34-23-9-7-6-8-21(23)29(35)36)27-13-18-12-20(32)10-11-24(18)41-27/h6-17H,4-5H2,1-3H3/t17-/m0/s1. The highest BCUT2D eigenvalue weighted by molar-refractivity contribution is 9.10. The fourth-order valence-corrected chi connectivity index (χ4v) is 4.75. The molecule has 3 aromatic carbocycles. The first kappa shape index (κ1) is 28.4. The van der Waals surface area contributed by atoms with Gasteiger partial charge in [0.25, 0.3) is 5.56 Å². The van der Waals surface area contributed by atoms with Crippen LogP contribution in [0.4, 0.5) is 0 Å². The molecular formula is C30H25BrClN3O6. The molecule has 9 nitrogen and oxygen atoms in total. The Morgan fingerprint density at radius 2 is 1.93 bits per heavy atom. The number of ether oxygens (including phenoxy) is 3. The van der Waals surface area contributed by atoms with Gasteiger partial charge in [-0.15, -0.1) is 0 Å². The van der Waals surface area contributed by atoms with Crippen molar-refractivity contribution in [2.45, 2.75) is 26.9 Å². The quantitative estimate of drug-likeness (QED) is 0.129. The zero-order valence-electron chi connectivity index (χ0n) is 22.4. The number of aromatic nitrogens is 2. The Morgan fingerprint density at radius 3 is 2.71 bits per heavy atom. The van der Waals surface area contributed by atoms with Crippen LogP contribution in [0.3, 0.4) is 0 Å². The summed E-state index contributed by atoms with van der Waals surface area (Å²) in [6.07, 6.45) is 0.663. The molecule has 0 N–H and O–H groups in total. The predicted octanol–water partition coefficient (Wildman–Crippen LogP) is 6.84. The van der Waals surface area contributed by atoms with Gasteiger partial charge in [0.2, 0.25) is 5.82 Å². The highest BCUT2D eigenvalue weighted by atomic mass is 79.9. The third-order valence-corrected chi connectivity index (χ3v) is 6.97. The van der Waals surface area contributed by atoms with Crippen LogP contribution in [0, 0.1) is 0 Å². The molecule has 0 saturated carbocycles. The molecule has 0 unspecified atom stereocenters. The van der Waals surface area contributed by atoms with E-state index in [1.165, 1.54) is 10.9 Å². The minimum absolute atomic E-state index is 0.224. The van der Waals surface area contributed by atoms with Gasteiger partial charge in [0.1, 0.15) is 5.58 Å². The van der Waals surface area contributed by atoms with Crippen molar-refractivity contribution in [1.82, 2.24) is 9.66 Å². The monoisotopic (exact) mass is 637 g/mol. The van der Waals surface area contributed by atoms with Crippen LogP contribution in [0.1, 0.15) is 26.3 Å². The normalized spacial score (nSPS) is 12.2. The minimum Gasteiger partial charge on any atom is -0.490 e. The van der Waals surface area contributed by atoms with E-state index in [2.05, 4.69) is 21.0 Å². The summed E-state index contributed by atoms with van der Waals surface area (Å²) in [7, 11) is 0. The lowest BCUT2D eigenvalue weighted by atomic mass is 10.2. The molecule has 1 atom stereocenters. The van der Waals surface area contributed by atoms with Crippen LogP contribution in [0.2, 0.25) is 5.02 Å². The Hall–Kier alpha value is -4.15. The second-order valence-electron chi connectivity index (χ2n) is 8.87. The molecule has 0 aliphatic heterocycles. The van der Waals surface area contributed by atoms with Gasteiger partial charge >= 0.3 is 5.97 Å². The fraction of sp³-hybridized carbons (Fsp3) is 0.200. The third-order valence-electron chi connectivity index (χ3n) is 6.05. The Bertz CT molecular complexity index is 1850. The van der Waals surface area contributed by atoms with Gasteiger partial charge < -0.3 is 18.6 Å². The number of carbonyl (C=O) groups is 1. The molecule has 5 rings (SSSR count). The first-order chi connectivity index (χ1) is 19.8. The predicted molar refractivity (Wildman–Crippen MR) is 161 cm³/mol. The van der Waals surface area contributed by atoms with Crippen molar-refractivity contribution in [3.8, 4) is 23.1 Å². The van der Waals surface area contributed by atoms with Crippen molar-refractivity contribution < 1.29 is 23.4 Å². The van der Waals surface area contributed by atoms with Crippen molar-refractivity contribution >= 4 is 61.6 Å². The van der Waals surface area contributed by atoms with Gasteiger partial charge in [-0.3, -0.25) is 4.79 Å². The molecule has 0 saturated heterocycles. The number of fused-ring (bicyclic) bond motifs is 2. The Balaban J connectivity index is 1.59. The van der Waals surface area contributed by atoms with Crippen LogP contribution in [0.5, 0.6) is 11.5 Å². The number of halogens is 2. The average molecular weight is 639 g/mol. The van der Waals surface area contributed by atoms with Crippen molar-refractivity contribution in [2.75, 3.05) is 13.2 Å². The van der Waals surface area contributed by atoms with Crippen LogP contribution in [-0.2, 0) is 9.53 Å². The van der Waals surface area contributed by atoms with Gasteiger partial charge in [-0.1, -0.05) is 23.7 Å². The summed E-state index contributed by atoms with van der Waals surface area (Å²) in [5.74, 6) is 0.837. The van der Waals surface area contributed by atoms with E-state index < -0.39 is 12.1 Å². The molecule has 11 heteroatoms. The van der Waals surface area contributed by atoms with Gasteiger partial charge in [0, 0.05) is 20.4 Å². The molecule has 2 aromatic heterocycles. The maximum absolute atomic E-state index is 13.6. The van der Waals surface area contributed by atoms with E-state index >= 15 is 0 Å². The lowest BCUT2D eigenvalue weighted by molar-refractivity contribution is -0.150. The zero-order valence-corrected chi connectivity index (χ0v) is 24.7. The molecular weight excluding hydrogens is 614 g/mol. The summed E-state index contributed by atoms with van der Waals surface area (Å²) in [5.41, 5.74) is 1.32. The first-order valence-corrected chi connectivity index (χ1v) is 14.0. The summed E-state index contributed by atoms with van der Waals surface area (Å²) in [6, 6.07) is 17.4. The number of rotatable bonds is 9. The van der Waals surface area contributed by atoms with Crippen LogP contribution < -0.4 is 15.0 Å². The smallest absolute Gasteiger partial charge is 0.347 e. The first-order valence-electron chi connectivity index (χ1n) is 12.8. The lowest BCUT2D eigenvalue weighted by Crippen LogP contribution is -2.26. The third kappa shape index (κ3) is 5.98. The Labute approximate surface area is 248 Å². The molecule has 41 heavy (non-hydrogen) atoms. The topological polar surface area (TPSA) is 105 Å². The van der Waals surface area contributed by atoms with E-state index in [1.807, 2.05) is 13.0 Å². The number of nitrogens with zero attached hydrogens (tertiary/aromatic N) is 3. The molecule has 0 aliphatic rings. The zero-order chi connectivity index (χ0) is 29.1. The molecule has 2 heterocycles. The maximum Gasteiger partial charge on any atom is 0.347 e. The number of furan rings is 1. The summed E-state index contributed by atoms with van der Waals surface area (Å²) in [4.78, 5) is 30.4. The van der Waals surface area contributed by atoms with Gasteiger partial charge in [-0.2, -0.15) is 9.78 Å². The number of benzene rings is 3. The number of para-hydroxylation sites is 1. The van der Waals surface area contributed by atoms with Crippen molar-refractivity contribution in [2.24, 2.45) is 5.10 Å². The van der Waals surface area contributed by atoms with Crippen LogP contribution in [-0.4, -0.2) is 41.2 Å². The van der Waals surface area contributed by atoms with E-state index in [4.69, 9.17) is 35.2 Å². The van der Waals surface area contributed by atoms with E-state index in [9.17, 15) is 9.59 Å². The SMILES string of the molecule is CCOC(=O)[C@H](C)Oc1cc(Br)c(C=Nn2c(-c3cc4cc(Cl)ccc4o3)nc3ccccc3c2=O)cc1OCC. The second-order valence-corrected chi connectivity index (χ2v) is 10.2. The van der Waals surface area contributed by atoms with Crippen LogP contribution >= 0.6 is 27.5 Å². The largest absolute Gasteiger partial charge is 0.490 e. The number of esters is 1. The average Bonchev–Trinajstić information content (AvgIpc) is 3.37. The molecule has 210 valence electrons. The van der Waals surface area contributed by atoms with Crippen molar-refractivity contribution in [3.63, 3.8) is 0 Å². The van der Waals surface area contributed by atoms with Crippen molar-refractivity contribution in [1.29, 1.82) is 0 Å². The molecule has 0 fully saturated rings. The molecule has 0 spiro atoms. The fourth-order valence-electron chi connectivity index (χ4n) is 4.14. The van der Waals surface area contributed by atoms with Crippen LogP contribution in [0.25, 0.3) is 33.5 Å². The Kier molecular flexibility index (Phi) is 8.41. The molecule has 5 aromatic rings. The molecule has 0 aliphatic carbocycles. The summed E-state index contributed by atoms with van der Waals surface area (Å²) in [6.45, 7) is 5.77. The number of hydrogen-bond acceptors (Lipinski definition) is 8. The highest BCUT2D eigenvalue weighted by Crippen LogP contribution is 2.34. The number of hydrogen-bond donors (Lipinski definition) is 0. The van der Waals surface area contributed by atoms with E-state index in [0.717, 1.165) is 5.39 Å². The highest BCUT2D eigenvalue weighted by Gasteiger charge is 2.20. The molecule has 0 bridgehead atoms. The van der Waals surface area contributed by atoms with E-state index in [0.29, 0.717) is 55.4 Å². The van der Waals surface area contributed by atoms with Gasteiger partial charge in [0.05, 0.1) is 30.3 Å². The summed E-state index contributed by atoms with van der Waals surface area (Å²) in [5, 5.41) is 6.25. The van der Waals surface area contributed by atoms with E-state index in [-0.39, 0.29) is 18.0 Å². The van der Waals surface area contributed by atoms with E-state index in [1.54, 1.807) is 68.4 Å². The van der Waals surface area contributed by atoms with Crippen molar-refractivity contribution in [3.05, 3.63) is 86.1 Å². The lowest BCUT2D eigenvalue weighted by Gasteiger charge is -2.17. The molecule has 0 radical (unpaired) electrons. The summed E-state index contributed by atoms with van der Waals surface area (Å²) < 4.78 is 24.5. The van der Waals surface area contributed by atoms with Gasteiger partial charge in [-0.25, -0.2) is 9.78 Å². The maximum atomic E-state index is 13.6. The van der Waals surface area contributed by atoms with Gasteiger partial charge in [0.15, 0.2) is 23.4 Å². The second kappa shape index (κ2) is 12.2. The minimum atomic E-state index is -0.843. The summed E-state index contributed by atoms with van der Waals surface area (Å²) >= 11 is 9.70. The Morgan fingerprint density at radius 1 is 1.12 bits per heavy atom. The number of carbonyl (C=O) groups excluding carboxylic acids is 1.